The largest absolute Gasteiger partial charge is 0.464 e. The van der Waals surface area contributed by atoms with Gasteiger partial charge in [0.05, 0.1) is 25.0 Å². The molecule has 4 rings (SSSR count). The molecule has 0 aliphatic rings. The first kappa shape index (κ1) is 21.4. The number of carbonyl (C=O) groups excluding carboxylic acids is 2. The van der Waals surface area contributed by atoms with Gasteiger partial charge in [0.2, 0.25) is 11.6 Å². The van der Waals surface area contributed by atoms with E-state index in [1.807, 2.05) is 12.1 Å². The monoisotopic (exact) mass is 450 g/mol. The van der Waals surface area contributed by atoms with Gasteiger partial charge in [-0.1, -0.05) is 0 Å². The van der Waals surface area contributed by atoms with E-state index in [1.54, 1.807) is 12.1 Å². The van der Waals surface area contributed by atoms with E-state index in [2.05, 4.69) is 39.4 Å². The Morgan fingerprint density at radius 3 is 1.24 bits per heavy atom. The Labute approximate surface area is 188 Å². The van der Waals surface area contributed by atoms with E-state index in [9.17, 15) is 30.6 Å². The van der Waals surface area contributed by atoms with Crippen molar-refractivity contribution >= 4 is 44.8 Å². The standard InChI is InChI=1S/C20H6N10O4/c1-33-19(31)17-18(20(32)34-2)30-16-12-8(4-22)26-10(6-24)28-14(12)13-11(15(16)29-17)7(3-21)25-9(5-23)27-13/h1-2H3. The van der Waals surface area contributed by atoms with Crippen LogP contribution in [0.2, 0.25) is 0 Å². The Morgan fingerprint density at radius 1 is 0.588 bits per heavy atom. The van der Waals surface area contributed by atoms with Crippen LogP contribution in [-0.4, -0.2) is 56.1 Å². The van der Waals surface area contributed by atoms with Gasteiger partial charge in [0.15, 0.2) is 22.8 Å². The van der Waals surface area contributed by atoms with Crippen molar-refractivity contribution in [1.82, 2.24) is 29.9 Å². The van der Waals surface area contributed by atoms with Gasteiger partial charge in [-0.15, -0.1) is 0 Å². The summed E-state index contributed by atoms with van der Waals surface area (Å²) in [6.45, 7) is 0. The summed E-state index contributed by atoms with van der Waals surface area (Å²) >= 11 is 0. The number of carbonyl (C=O) groups is 2. The molecular weight excluding hydrogens is 444 g/mol. The summed E-state index contributed by atoms with van der Waals surface area (Å²) in [5.74, 6) is -2.86. The van der Waals surface area contributed by atoms with Gasteiger partial charge >= 0.3 is 11.9 Å². The maximum Gasteiger partial charge on any atom is 0.359 e. The molecule has 3 aromatic heterocycles. The number of nitrogens with zero attached hydrogens (tertiary/aromatic N) is 10. The van der Waals surface area contributed by atoms with E-state index in [1.165, 1.54) is 0 Å². The summed E-state index contributed by atoms with van der Waals surface area (Å²) in [5, 5.41) is 37.9. The van der Waals surface area contributed by atoms with E-state index in [-0.39, 0.29) is 44.2 Å². The molecule has 14 heteroatoms. The number of benzene rings is 1. The lowest BCUT2D eigenvalue weighted by molar-refractivity contribution is 0.0545. The number of rotatable bonds is 2. The predicted molar refractivity (Wildman–Crippen MR) is 107 cm³/mol. The number of ether oxygens (including phenoxy) is 2. The second-order valence-electron chi connectivity index (χ2n) is 6.29. The molecule has 0 fully saturated rings. The highest BCUT2D eigenvalue weighted by molar-refractivity contribution is 6.23. The molecule has 34 heavy (non-hydrogen) atoms. The Balaban J connectivity index is 2.44. The molecule has 0 spiro atoms. The number of fused-ring (bicyclic) bond motifs is 6. The predicted octanol–water partition coefficient (Wildman–Crippen LogP) is 0.576. The molecule has 1 aromatic carbocycles. The molecule has 160 valence electrons. The quantitative estimate of drug-likeness (QED) is 0.300. The molecule has 14 nitrogen and oxygen atoms in total. The van der Waals surface area contributed by atoms with Crippen molar-refractivity contribution in [2.45, 2.75) is 0 Å². The van der Waals surface area contributed by atoms with Gasteiger partial charge in [0, 0.05) is 0 Å². The summed E-state index contributed by atoms with van der Waals surface area (Å²) in [6.07, 6.45) is 0. The summed E-state index contributed by atoms with van der Waals surface area (Å²) in [4.78, 5) is 49.1. The normalized spacial score (nSPS) is 10.2. The summed E-state index contributed by atoms with van der Waals surface area (Å²) in [5.41, 5.74) is -2.27. The van der Waals surface area contributed by atoms with Gasteiger partial charge in [-0.2, -0.15) is 21.0 Å². The molecule has 0 aliphatic heterocycles. The van der Waals surface area contributed by atoms with Gasteiger partial charge in [0.1, 0.15) is 46.3 Å². The molecule has 0 unspecified atom stereocenters. The summed E-state index contributed by atoms with van der Waals surface area (Å²) in [7, 11) is 2.11. The number of hydrogen-bond donors (Lipinski definition) is 0. The zero-order valence-electron chi connectivity index (χ0n) is 17.1. The maximum absolute atomic E-state index is 12.4. The third kappa shape index (κ3) is 3.01. The van der Waals surface area contributed by atoms with Crippen molar-refractivity contribution in [1.29, 1.82) is 21.0 Å². The van der Waals surface area contributed by atoms with Crippen molar-refractivity contribution in [2.75, 3.05) is 14.2 Å². The fraction of sp³-hybridized carbons (Fsp3) is 0.100. The van der Waals surface area contributed by atoms with Gasteiger partial charge in [-0.3, -0.25) is 0 Å². The second-order valence-corrected chi connectivity index (χ2v) is 6.29. The topological polar surface area (TPSA) is 225 Å². The minimum atomic E-state index is -1.03. The fourth-order valence-corrected chi connectivity index (χ4v) is 3.24. The number of nitriles is 4. The zero-order valence-corrected chi connectivity index (χ0v) is 17.1. The lowest BCUT2D eigenvalue weighted by atomic mass is 10.0. The molecule has 0 amide bonds. The lowest BCUT2D eigenvalue weighted by Gasteiger charge is -2.12. The highest BCUT2D eigenvalue weighted by Gasteiger charge is 2.28. The van der Waals surface area contributed by atoms with E-state index in [0.717, 1.165) is 14.2 Å². The van der Waals surface area contributed by atoms with Crippen molar-refractivity contribution in [3.05, 3.63) is 34.4 Å². The first-order chi connectivity index (χ1) is 16.4. The van der Waals surface area contributed by atoms with Crippen molar-refractivity contribution in [3.8, 4) is 24.3 Å². The number of esters is 2. The molecule has 3 heterocycles. The Hall–Kier alpha value is -5.86. The van der Waals surface area contributed by atoms with Crippen molar-refractivity contribution < 1.29 is 19.1 Å². The average Bonchev–Trinajstić information content (AvgIpc) is 2.89. The van der Waals surface area contributed by atoms with Gasteiger partial charge in [-0.05, 0) is 0 Å². The van der Waals surface area contributed by atoms with Crippen molar-refractivity contribution in [3.63, 3.8) is 0 Å². The van der Waals surface area contributed by atoms with Crippen LogP contribution in [-0.2, 0) is 9.47 Å². The minimum absolute atomic E-state index is 0.0791. The molecule has 4 aromatic rings. The van der Waals surface area contributed by atoms with Crippen LogP contribution in [0.5, 0.6) is 0 Å². The third-order valence-electron chi connectivity index (χ3n) is 4.58. The highest BCUT2D eigenvalue weighted by Crippen LogP contribution is 2.34. The van der Waals surface area contributed by atoms with Crippen LogP contribution < -0.4 is 0 Å². The molecule has 0 bridgehead atoms. The maximum atomic E-state index is 12.4. The summed E-state index contributed by atoms with van der Waals surface area (Å²) in [6, 6.07) is 7.07. The Morgan fingerprint density at radius 2 is 0.941 bits per heavy atom. The SMILES string of the molecule is COC(=O)c1nc2c(nc1C(=O)OC)c1c(C#N)nc(C#N)nc1c1nc(C#N)nc(C#N)c12. The number of aromatic nitrogens is 6. The average molecular weight is 450 g/mol. The molecular formula is C20H6N10O4. The lowest BCUT2D eigenvalue weighted by Crippen LogP contribution is -2.17. The third-order valence-corrected chi connectivity index (χ3v) is 4.58. The Kier molecular flexibility index (Phi) is 5.03. The Bertz CT molecular complexity index is 1640. The first-order valence-corrected chi connectivity index (χ1v) is 8.96. The first-order valence-electron chi connectivity index (χ1n) is 8.96. The molecule has 0 N–H and O–H groups in total. The zero-order chi connectivity index (χ0) is 24.6. The number of methoxy groups -OCH3 is 2. The summed E-state index contributed by atoms with van der Waals surface area (Å²) < 4.78 is 9.37. The molecule has 0 radical (unpaired) electrons. The molecule has 0 saturated carbocycles. The highest BCUT2D eigenvalue weighted by atomic mass is 16.5. The van der Waals surface area contributed by atoms with Crippen LogP contribution in [0.4, 0.5) is 0 Å². The van der Waals surface area contributed by atoms with Gasteiger partial charge in [0.25, 0.3) is 0 Å². The fourth-order valence-electron chi connectivity index (χ4n) is 3.24. The molecule has 0 aliphatic carbocycles. The van der Waals surface area contributed by atoms with Crippen LogP contribution >= 0.6 is 0 Å². The van der Waals surface area contributed by atoms with Gasteiger partial charge in [-0.25, -0.2) is 39.5 Å². The van der Waals surface area contributed by atoms with E-state index in [4.69, 9.17) is 0 Å². The van der Waals surface area contributed by atoms with Crippen LogP contribution in [0, 0.1) is 45.3 Å². The van der Waals surface area contributed by atoms with E-state index >= 15 is 0 Å². The van der Waals surface area contributed by atoms with E-state index in [0.29, 0.717) is 0 Å². The van der Waals surface area contributed by atoms with Crippen LogP contribution in [0.15, 0.2) is 0 Å². The van der Waals surface area contributed by atoms with Crippen molar-refractivity contribution in [2.24, 2.45) is 0 Å². The second kappa shape index (κ2) is 8.00. The molecule has 0 atom stereocenters. The van der Waals surface area contributed by atoms with Crippen LogP contribution in [0.3, 0.4) is 0 Å². The smallest absolute Gasteiger partial charge is 0.359 e. The van der Waals surface area contributed by atoms with Crippen LogP contribution in [0.1, 0.15) is 44.0 Å². The number of hydrogen-bond acceptors (Lipinski definition) is 14. The minimum Gasteiger partial charge on any atom is -0.464 e. The van der Waals surface area contributed by atoms with E-state index < -0.39 is 35.0 Å². The van der Waals surface area contributed by atoms with Gasteiger partial charge < -0.3 is 9.47 Å². The van der Waals surface area contributed by atoms with Crippen LogP contribution in [0.25, 0.3) is 32.8 Å². The molecule has 0 saturated heterocycles.